The van der Waals surface area contributed by atoms with E-state index in [0.717, 1.165) is 12.8 Å². The molecule has 2 saturated heterocycles. The Labute approximate surface area is 391 Å². The minimum Gasteiger partial charge on any atom is -0.363 e. The third-order valence-electron chi connectivity index (χ3n) is 20.0. The lowest BCUT2D eigenvalue weighted by atomic mass is 9.23. The van der Waals surface area contributed by atoms with Crippen LogP contribution in [-0.4, -0.2) is 30.6 Å². The number of allylic oxidation sites excluding steroid dienone is 10. The van der Waals surface area contributed by atoms with Crippen LogP contribution < -0.4 is 15.3 Å². The van der Waals surface area contributed by atoms with Crippen LogP contribution in [0.15, 0.2) is 127 Å². The molecule has 0 radical (unpaired) electrons. The molecular weight excluding hydrogens is 787 g/mol. The minimum atomic E-state index is 0.0260. The van der Waals surface area contributed by atoms with E-state index in [1.807, 2.05) is 5.56 Å². The summed E-state index contributed by atoms with van der Waals surface area (Å²) in [6.07, 6.45) is 45.9. The maximum atomic E-state index is 7.79. The standard InChI is InChI=1S/C61H73BN2O/c1-60(2)61(36-18-7-19-37-61)56-49(44-24-12-5-13-25-44)34-35-50-58(56)64(60)54-39-47(42-22-10-4-11-23-42)38-53-57(54)62(50)51-40-55(46-26-14-6-15-27-46)65-59(51)63(53)52-29-17-16-28-48(52)45-32-30-43(31-33-45)41-20-8-3-9-21-41/h4,6,8,10-11,14-17,20,22,26-32,34-35,41-42,44-45,47,51,53-55,57,59H,3,5,7,9,12-13,18-19,21,23-25,33,36-40H2,1-2H3. The van der Waals surface area contributed by atoms with Crippen LogP contribution in [0.5, 0.6) is 0 Å². The number of rotatable bonds is 6. The summed E-state index contributed by atoms with van der Waals surface area (Å²) in [7, 11) is 0. The zero-order valence-electron chi connectivity index (χ0n) is 39.5. The lowest BCUT2D eigenvalue weighted by Crippen LogP contribution is -2.73. The summed E-state index contributed by atoms with van der Waals surface area (Å²) in [5, 5.41) is 0. The number of anilines is 2. The zero-order chi connectivity index (χ0) is 43.3. The number of para-hydroxylation sites is 1. The molecule has 10 aliphatic rings. The maximum Gasteiger partial charge on any atom is 0.194 e. The molecule has 336 valence electrons. The van der Waals surface area contributed by atoms with Crippen molar-refractivity contribution in [2.75, 3.05) is 9.80 Å². The molecule has 13 rings (SSSR count). The first kappa shape index (κ1) is 41.2. The van der Waals surface area contributed by atoms with Crippen molar-refractivity contribution < 1.29 is 4.74 Å². The maximum absolute atomic E-state index is 7.79. The quantitative estimate of drug-likeness (QED) is 0.181. The second-order valence-corrected chi connectivity index (χ2v) is 23.2. The van der Waals surface area contributed by atoms with Crippen molar-refractivity contribution in [3.05, 3.63) is 149 Å². The van der Waals surface area contributed by atoms with Crippen LogP contribution in [0.3, 0.4) is 0 Å². The summed E-state index contributed by atoms with van der Waals surface area (Å²) in [5.74, 6) is 3.80. The molecule has 5 fully saturated rings. The van der Waals surface area contributed by atoms with Gasteiger partial charge in [-0.05, 0) is 154 Å². The number of nitrogens with zero attached hydrogens (tertiary/aromatic N) is 2. The normalized spacial score (nSPS) is 35.2. The van der Waals surface area contributed by atoms with Gasteiger partial charge in [-0.1, -0.05) is 159 Å². The molecule has 4 heteroatoms. The van der Waals surface area contributed by atoms with Gasteiger partial charge in [0.2, 0.25) is 0 Å². The lowest BCUT2D eigenvalue weighted by Gasteiger charge is -2.64. The van der Waals surface area contributed by atoms with Gasteiger partial charge in [-0.2, -0.15) is 0 Å². The van der Waals surface area contributed by atoms with Gasteiger partial charge in [0.1, 0.15) is 6.23 Å². The van der Waals surface area contributed by atoms with Crippen LogP contribution in [0.25, 0.3) is 0 Å². The largest absolute Gasteiger partial charge is 0.363 e. The van der Waals surface area contributed by atoms with Gasteiger partial charge in [-0.3, -0.25) is 0 Å². The highest BCUT2D eigenvalue weighted by Gasteiger charge is 2.69. The molecule has 3 aromatic carbocycles. The highest BCUT2D eigenvalue weighted by molar-refractivity contribution is 6.79. The molecule has 10 atom stereocenters. The molecule has 3 nitrogen and oxygen atoms in total. The first-order chi connectivity index (χ1) is 32.0. The molecule has 6 aliphatic carbocycles. The van der Waals surface area contributed by atoms with Gasteiger partial charge >= 0.3 is 0 Å². The van der Waals surface area contributed by atoms with Crippen molar-refractivity contribution in [2.24, 2.45) is 17.8 Å². The molecule has 3 aromatic rings. The van der Waals surface area contributed by atoms with E-state index in [2.05, 4.69) is 145 Å². The number of ether oxygens (including phenoxy) is 1. The van der Waals surface area contributed by atoms with Crippen LogP contribution in [0, 0.1) is 17.8 Å². The zero-order valence-corrected chi connectivity index (χ0v) is 39.5. The fourth-order valence-electron chi connectivity index (χ4n) is 17.1. The summed E-state index contributed by atoms with van der Waals surface area (Å²) in [6.45, 7) is 5.98. The molecule has 3 saturated carbocycles. The molecule has 4 aliphatic heterocycles. The van der Waals surface area contributed by atoms with E-state index in [4.69, 9.17) is 4.74 Å². The Morgan fingerprint density at radius 3 is 2.29 bits per heavy atom. The molecule has 0 N–H and O–H groups in total. The fourth-order valence-corrected chi connectivity index (χ4v) is 17.1. The molecule has 10 unspecified atom stereocenters. The predicted octanol–water partition coefficient (Wildman–Crippen LogP) is 14.6. The van der Waals surface area contributed by atoms with E-state index in [-0.39, 0.29) is 23.3 Å². The topological polar surface area (TPSA) is 15.7 Å². The molecule has 0 aromatic heterocycles. The number of benzene rings is 3. The van der Waals surface area contributed by atoms with Crippen molar-refractivity contribution in [1.82, 2.24) is 0 Å². The molecule has 0 bridgehead atoms. The summed E-state index contributed by atoms with van der Waals surface area (Å²) in [4.78, 5) is 6.22. The minimum absolute atomic E-state index is 0.0260. The van der Waals surface area contributed by atoms with E-state index in [0.29, 0.717) is 60.0 Å². The third-order valence-corrected chi connectivity index (χ3v) is 20.0. The summed E-state index contributed by atoms with van der Waals surface area (Å²) < 4.78 is 7.79. The van der Waals surface area contributed by atoms with Crippen molar-refractivity contribution in [3.63, 3.8) is 0 Å². The molecule has 1 spiro atoms. The second-order valence-electron chi connectivity index (χ2n) is 23.2. The molecular formula is C61H73BN2O. The third kappa shape index (κ3) is 6.44. The van der Waals surface area contributed by atoms with E-state index < -0.39 is 0 Å². The monoisotopic (exact) mass is 861 g/mol. The van der Waals surface area contributed by atoms with Gasteiger partial charge in [0.15, 0.2) is 6.71 Å². The summed E-state index contributed by atoms with van der Waals surface area (Å²) >= 11 is 0. The number of hydrogen-bond donors (Lipinski definition) is 0. The van der Waals surface area contributed by atoms with Crippen LogP contribution in [0.1, 0.15) is 170 Å². The van der Waals surface area contributed by atoms with Crippen LogP contribution in [0.2, 0.25) is 11.6 Å². The Morgan fingerprint density at radius 2 is 1.51 bits per heavy atom. The van der Waals surface area contributed by atoms with E-state index >= 15 is 0 Å². The number of hydrogen-bond acceptors (Lipinski definition) is 3. The van der Waals surface area contributed by atoms with Crippen LogP contribution >= 0.6 is 0 Å². The second kappa shape index (κ2) is 16.3. The van der Waals surface area contributed by atoms with Gasteiger partial charge in [0, 0.05) is 46.2 Å². The van der Waals surface area contributed by atoms with Crippen molar-refractivity contribution in [2.45, 2.75) is 188 Å². The number of fused-ring (bicyclic) bond motifs is 5. The Bertz CT molecular complexity index is 2430. The Morgan fingerprint density at radius 1 is 0.692 bits per heavy atom. The first-order valence-electron chi connectivity index (χ1n) is 26.9. The SMILES string of the molecule is CC1(C)N2c3c(ccc(C4CCCCC4)c3C13CCCCC3)B1C3CC(c4ccccc4)OC3N(c3ccccc3C3C=CC(C4C=CCCC4)=CC3)C3CC(C4C=CC=CC4)CC2C13. The average molecular weight is 861 g/mol. The Balaban J connectivity index is 0.996. The highest BCUT2D eigenvalue weighted by Crippen LogP contribution is 2.67. The molecule has 0 amide bonds. The average Bonchev–Trinajstić information content (AvgIpc) is 3.89. The van der Waals surface area contributed by atoms with E-state index in [1.165, 1.54) is 125 Å². The summed E-state index contributed by atoms with van der Waals surface area (Å²) in [5.41, 5.74) is 13.2. The smallest absolute Gasteiger partial charge is 0.194 e. The Hall–Kier alpha value is -4.02. The van der Waals surface area contributed by atoms with Crippen LogP contribution in [-0.2, 0) is 10.2 Å². The summed E-state index contributed by atoms with van der Waals surface area (Å²) in [6, 6.07) is 27.4. The molecule has 65 heavy (non-hydrogen) atoms. The highest BCUT2D eigenvalue weighted by atomic mass is 16.5. The lowest BCUT2D eigenvalue weighted by molar-refractivity contribution is 0.0269. The van der Waals surface area contributed by atoms with Gasteiger partial charge in [0.05, 0.1) is 6.10 Å². The van der Waals surface area contributed by atoms with Gasteiger partial charge in [0.25, 0.3) is 0 Å². The Kier molecular flexibility index (Phi) is 10.4. The van der Waals surface area contributed by atoms with Gasteiger partial charge in [-0.15, -0.1) is 0 Å². The van der Waals surface area contributed by atoms with Crippen molar-refractivity contribution in [1.29, 1.82) is 0 Å². The van der Waals surface area contributed by atoms with Gasteiger partial charge < -0.3 is 14.5 Å². The van der Waals surface area contributed by atoms with E-state index in [9.17, 15) is 0 Å². The van der Waals surface area contributed by atoms with Crippen molar-refractivity contribution in [3.8, 4) is 0 Å². The predicted molar refractivity (Wildman–Crippen MR) is 272 cm³/mol. The van der Waals surface area contributed by atoms with Crippen molar-refractivity contribution >= 4 is 23.6 Å². The first-order valence-corrected chi connectivity index (χ1v) is 26.9. The van der Waals surface area contributed by atoms with Crippen LogP contribution in [0.4, 0.5) is 11.4 Å². The molecule has 4 heterocycles. The van der Waals surface area contributed by atoms with E-state index in [1.54, 1.807) is 16.7 Å². The van der Waals surface area contributed by atoms with Gasteiger partial charge in [-0.25, -0.2) is 0 Å². The fraction of sp³-hybridized carbons (Fsp3) is 0.541.